The van der Waals surface area contributed by atoms with Gasteiger partial charge in [0.05, 0.1) is 9.67 Å². The molecule has 0 aliphatic heterocycles. The van der Waals surface area contributed by atoms with E-state index in [1.165, 1.54) is 0 Å². The van der Waals surface area contributed by atoms with Crippen LogP contribution in [0.1, 0.15) is 38.0 Å². The summed E-state index contributed by atoms with van der Waals surface area (Å²) in [5.41, 5.74) is 1.96. The molecule has 0 aliphatic rings. The lowest BCUT2D eigenvalue weighted by molar-refractivity contribution is -0.0619. The van der Waals surface area contributed by atoms with E-state index < -0.39 is 6.10 Å². The molecule has 3 nitrogen and oxygen atoms in total. The van der Waals surface area contributed by atoms with Gasteiger partial charge in [-0.25, -0.2) is 0 Å². The van der Waals surface area contributed by atoms with Gasteiger partial charge in [-0.1, -0.05) is 6.07 Å². The molecule has 0 aliphatic carbocycles. The SMILES string of the molecule is CCOC(C)Oc1cc(C(C)O)cc(C)c1I. The number of aliphatic hydroxyl groups is 1. The highest BCUT2D eigenvalue weighted by Crippen LogP contribution is 2.29. The molecule has 2 atom stereocenters. The Hall–Kier alpha value is -0.330. The molecule has 4 heteroatoms. The Morgan fingerprint density at radius 3 is 2.53 bits per heavy atom. The third-order valence-electron chi connectivity index (χ3n) is 2.42. The molecule has 1 rings (SSSR count). The Kier molecular flexibility index (Phi) is 5.69. The summed E-state index contributed by atoms with van der Waals surface area (Å²) in [6, 6.07) is 3.85. The molecule has 0 spiro atoms. The van der Waals surface area contributed by atoms with Crippen molar-refractivity contribution in [2.75, 3.05) is 6.61 Å². The predicted octanol–water partition coefficient (Wildman–Crippen LogP) is 3.41. The van der Waals surface area contributed by atoms with Crippen molar-refractivity contribution in [3.63, 3.8) is 0 Å². The Morgan fingerprint density at radius 2 is 2.00 bits per heavy atom. The number of benzene rings is 1. The minimum atomic E-state index is -0.490. The van der Waals surface area contributed by atoms with E-state index in [1.54, 1.807) is 6.92 Å². The first-order valence-electron chi connectivity index (χ1n) is 5.72. The van der Waals surface area contributed by atoms with Crippen molar-refractivity contribution in [3.05, 3.63) is 26.8 Å². The molecule has 1 aromatic carbocycles. The zero-order valence-corrected chi connectivity index (χ0v) is 12.8. The molecule has 0 heterocycles. The maximum atomic E-state index is 9.61. The van der Waals surface area contributed by atoms with E-state index in [9.17, 15) is 5.11 Å². The van der Waals surface area contributed by atoms with Gasteiger partial charge in [0, 0.05) is 6.61 Å². The number of aryl methyl sites for hydroxylation is 1. The first-order valence-corrected chi connectivity index (χ1v) is 6.80. The Balaban J connectivity index is 2.97. The van der Waals surface area contributed by atoms with Crippen LogP contribution < -0.4 is 4.74 Å². The van der Waals surface area contributed by atoms with Crippen LogP contribution >= 0.6 is 22.6 Å². The maximum Gasteiger partial charge on any atom is 0.197 e. The monoisotopic (exact) mass is 350 g/mol. The highest BCUT2D eigenvalue weighted by molar-refractivity contribution is 14.1. The van der Waals surface area contributed by atoms with E-state index in [4.69, 9.17) is 9.47 Å². The number of ether oxygens (including phenoxy) is 2. The van der Waals surface area contributed by atoms with Crippen LogP contribution in [0.3, 0.4) is 0 Å². The van der Waals surface area contributed by atoms with E-state index >= 15 is 0 Å². The summed E-state index contributed by atoms with van der Waals surface area (Å²) in [4.78, 5) is 0. The number of halogens is 1. The normalized spacial score (nSPS) is 14.5. The van der Waals surface area contributed by atoms with Crippen molar-refractivity contribution in [2.45, 2.75) is 40.1 Å². The van der Waals surface area contributed by atoms with Crippen molar-refractivity contribution in [1.82, 2.24) is 0 Å². The number of hydrogen-bond acceptors (Lipinski definition) is 3. The van der Waals surface area contributed by atoms with Crippen molar-refractivity contribution >= 4 is 22.6 Å². The second kappa shape index (κ2) is 6.56. The molecular formula is C13H19IO3. The van der Waals surface area contributed by atoms with Gasteiger partial charge in [0.25, 0.3) is 0 Å². The fraction of sp³-hybridized carbons (Fsp3) is 0.538. The molecule has 0 fully saturated rings. The summed E-state index contributed by atoms with van der Waals surface area (Å²) in [6.07, 6.45) is -0.771. The summed E-state index contributed by atoms with van der Waals surface area (Å²) >= 11 is 2.24. The summed E-state index contributed by atoms with van der Waals surface area (Å²) in [5, 5.41) is 9.61. The van der Waals surface area contributed by atoms with Crippen molar-refractivity contribution in [2.24, 2.45) is 0 Å². The van der Waals surface area contributed by atoms with Gasteiger partial charge >= 0.3 is 0 Å². The molecule has 0 radical (unpaired) electrons. The van der Waals surface area contributed by atoms with Crippen LogP contribution in [0, 0.1) is 10.5 Å². The van der Waals surface area contributed by atoms with Crippen LogP contribution in [0.2, 0.25) is 0 Å². The lowest BCUT2D eigenvalue weighted by Crippen LogP contribution is -2.17. The lowest BCUT2D eigenvalue weighted by atomic mass is 10.1. The molecule has 2 unspecified atom stereocenters. The molecule has 0 bridgehead atoms. The summed E-state index contributed by atoms with van der Waals surface area (Å²) in [7, 11) is 0. The van der Waals surface area contributed by atoms with Crippen LogP contribution in [-0.2, 0) is 4.74 Å². The Labute approximate surface area is 116 Å². The first kappa shape index (κ1) is 14.7. The third kappa shape index (κ3) is 4.12. The average Bonchev–Trinajstić information content (AvgIpc) is 2.24. The summed E-state index contributed by atoms with van der Waals surface area (Å²) in [5.74, 6) is 0.766. The number of rotatable bonds is 5. The maximum absolute atomic E-state index is 9.61. The van der Waals surface area contributed by atoms with E-state index in [0.717, 1.165) is 20.4 Å². The van der Waals surface area contributed by atoms with Gasteiger partial charge in [0.1, 0.15) is 5.75 Å². The van der Waals surface area contributed by atoms with E-state index in [0.29, 0.717) is 6.61 Å². The second-order valence-electron chi connectivity index (χ2n) is 3.97. The third-order valence-corrected chi connectivity index (χ3v) is 3.80. The van der Waals surface area contributed by atoms with E-state index in [-0.39, 0.29) is 6.29 Å². The Bertz CT molecular complexity index is 377. The molecule has 0 amide bonds. The van der Waals surface area contributed by atoms with Gasteiger partial charge in [-0.3, -0.25) is 0 Å². The minimum Gasteiger partial charge on any atom is -0.464 e. The average molecular weight is 350 g/mol. The van der Waals surface area contributed by atoms with Crippen molar-refractivity contribution in [1.29, 1.82) is 0 Å². The predicted molar refractivity (Wildman–Crippen MR) is 76.2 cm³/mol. The smallest absolute Gasteiger partial charge is 0.197 e. The molecule has 17 heavy (non-hydrogen) atoms. The van der Waals surface area contributed by atoms with Crippen molar-refractivity contribution < 1.29 is 14.6 Å². The topological polar surface area (TPSA) is 38.7 Å². The minimum absolute atomic E-state index is 0.280. The zero-order valence-electron chi connectivity index (χ0n) is 10.7. The van der Waals surface area contributed by atoms with Crippen LogP contribution in [0.15, 0.2) is 12.1 Å². The molecule has 1 aromatic rings. The highest BCUT2D eigenvalue weighted by Gasteiger charge is 2.12. The zero-order chi connectivity index (χ0) is 13.0. The molecule has 0 aromatic heterocycles. The fourth-order valence-corrected chi connectivity index (χ4v) is 1.98. The molecule has 96 valence electrons. The van der Waals surface area contributed by atoms with Crippen LogP contribution in [-0.4, -0.2) is 18.0 Å². The molecule has 0 saturated heterocycles. The van der Waals surface area contributed by atoms with Crippen molar-refractivity contribution in [3.8, 4) is 5.75 Å². The Morgan fingerprint density at radius 1 is 1.35 bits per heavy atom. The number of aliphatic hydroxyl groups excluding tert-OH is 1. The van der Waals surface area contributed by atoms with Crippen LogP contribution in [0.5, 0.6) is 5.75 Å². The van der Waals surface area contributed by atoms with Crippen LogP contribution in [0.4, 0.5) is 0 Å². The second-order valence-corrected chi connectivity index (χ2v) is 5.05. The van der Waals surface area contributed by atoms with Gasteiger partial charge in [0.2, 0.25) is 0 Å². The van der Waals surface area contributed by atoms with Crippen LogP contribution in [0.25, 0.3) is 0 Å². The fourth-order valence-electron chi connectivity index (χ4n) is 1.54. The molecule has 0 saturated carbocycles. The first-order chi connectivity index (χ1) is 7.95. The van der Waals surface area contributed by atoms with Gasteiger partial charge in [-0.15, -0.1) is 0 Å². The van der Waals surface area contributed by atoms with E-state index in [1.807, 2.05) is 32.9 Å². The van der Waals surface area contributed by atoms with Gasteiger partial charge in [-0.05, 0) is 67.5 Å². The van der Waals surface area contributed by atoms with Gasteiger partial charge in [0.15, 0.2) is 6.29 Å². The highest BCUT2D eigenvalue weighted by atomic mass is 127. The largest absolute Gasteiger partial charge is 0.464 e. The summed E-state index contributed by atoms with van der Waals surface area (Å²) in [6.45, 7) is 8.17. The van der Waals surface area contributed by atoms with Gasteiger partial charge < -0.3 is 14.6 Å². The summed E-state index contributed by atoms with van der Waals surface area (Å²) < 4.78 is 12.1. The number of hydrogen-bond donors (Lipinski definition) is 1. The van der Waals surface area contributed by atoms with E-state index in [2.05, 4.69) is 22.6 Å². The quantitative estimate of drug-likeness (QED) is 0.653. The molecular weight excluding hydrogens is 331 g/mol. The van der Waals surface area contributed by atoms with Gasteiger partial charge in [-0.2, -0.15) is 0 Å². The standard InChI is InChI=1S/C13H19IO3/c1-5-16-10(4)17-12-7-11(9(3)15)6-8(2)13(12)14/h6-7,9-10,15H,5H2,1-4H3. The lowest BCUT2D eigenvalue weighted by Gasteiger charge is -2.18. The molecule has 1 N–H and O–H groups in total.